The van der Waals surface area contributed by atoms with Gasteiger partial charge in [0.25, 0.3) is 0 Å². The maximum atomic E-state index is 11.0. The Labute approximate surface area is 81.7 Å². The highest BCUT2D eigenvalue weighted by Crippen LogP contribution is 1.89. The van der Waals surface area contributed by atoms with Crippen LogP contribution in [-0.4, -0.2) is 37.9 Å². The quantitative estimate of drug-likeness (QED) is 0.539. The van der Waals surface area contributed by atoms with E-state index in [0.717, 1.165) is 13.1 Å². The predicted molar refractivity (Wildman–Crippen MR) is 49.9 cm³/mol. The molecule has 0 atom stereocenters. The van der Waals surface area contributed by atoms with Crippen LogP contribution < -0.4 is 16.0 Å². The second-order valence-electron chi connectivity index (χ2n) is 2.84. The highest BCUT2D eigenvalue weighted by atomic mass is 16.5. The molecule has 1 saturated heterocycles. The first kappa shape index (κ1) is 10.5. The summed E-state index contributed by atoms with van der Waals surface area (Å²) in [5.41, 5.74) is 0. The molecule has 78 valence electrons. The second-order valence-corrected chi connectivity index (χ2v) is 2.84. The lowest BCUT2D eigenvalue weighted by atomic mass is 10.2. The zero-order valence-electron chi connectivity index (χ0n) is 7.71. The first-order valence-corrected chi connectivity index (χ1v) is 4.28. The number of urea groups is 1. The monoisotopic (exact) mass is 199 g/mol. The zero-order chi connectivity index (χ0) is 10.4. The van der Waals surface area contributed by atoms with E-state index in [4.69, 9.17) is 0 Å². The minimum Gasteiger partial charge on any atom is -0.445 e. The Morgan fingerprint density at radius 3 is 2.79 bits per heavy atom. The molecule has 0 aliphatic carbocycles. The van der Waals surface area contributed by atoms with Gasteiger partial charge in [0, 0.05) is 13.1 Å². The highest BCUT2D eigenvalue weighted by molar-refractivity contribution is 5.90. The van der Waals surface area contributed by atoms with Crippen molar-refractivity contribution in [3.05, 3.63) is 12.7 Å². The van der Waals surface area contributed by atoms with Gasteiger partial charge in [0.2, 0.25) is 0 Å². The number of rotatable bonds is 3. The third-order valence-electron chi connectivity index (χ3n) is 1.66. The van der Waals surface area contributed by atoms with E-state index >= 15 is 0 Å². The van der Waals surface area contributed by atoms with Crippen molar-refractivity contribution in [2.45, 2.75) is 6.04 Å². The Bertz CT molecular complexity index is 238. The average molecular weight is 199 g/mol. The van der Waals surface area contributed by atoms with Gasteiger partial charge in [-0.05, 0) is 0 Å². The molecule has 1 heterocycles. The molecule has 0 bridgehead atoms. The first-order chi connectivity index (χ1) is 6.72. The number of imide groups is 1. The molecule has 3 N–H and O–H groups in total. The molecule has 0 spiro atoms. The van der Waals surface area contributed by atoms with Crippen molar-refractivity contribution in [3.63, 3.8) is 0 Å². The van der Waals surface area contributed by atoms with E-state index in [0.29, 0.717) is 0 Å². The largest absolute Gasteiger partial charge is 0.445 e. The van der Waals surface area contributed by atoms with Crippen LogP contribution in [0.15, 0.2) is 12.7 Å². The van der Waals surface area contributed by atoms with Gasteiger partial charge in [-0.3, -0.25) is 0 Å². The molecule has 0 radical (unpaired) electrons. The van der Waals surface area contributed by atoms with E-state index in [1.165, 1.54) is 6.08 Å². The summed E-state index contributed by atoms with van der Waals surface area (Å²) in [5, 5.41) is 7.59. The van der Waals surface area contributed by atoms with Crippen LogP contribution in [0.5, 0.6) is 0 Å². The van der Waals surface area contributed by atoms with Crippen molar-refractivity contribution in [2.75, 3.05) is 19.7 Å². The van der Waals surface area contributed by atoms with E-state index < -0.39 is 12.1 Å². The molecule has 6 nitrogen and oxygen atoms in total. The maximum absolute atomic E-state index is 11.0. The molecule has 1 aliphatic heterocycles. The number of carbonyl (C=O) groups excluding carboxylic acids is 2. The average Bonchev–Trinajstić information content (AvgIpc) is 2.08. The summed E-state index contributed by atoms with van der Waals surface area (Å²) < 4.78 is 4.55. The molecule has 0 saturated carbocycles. The maximum Gasteiger partial charge on any atom is 0.415 e. The topological polar surface area (TPSA) is 79.5 Å². The lowest BCUT2D eigenvalue weighted by molar-refractivity contribution is 0.158. The molecule has 14 heavy (non-hydrogen) atoms. The standard InChI is InChI=1S/C8H13N3O3/c1-2-3-14-8(13)11-7(12)10-6-4-9-5-6/h2,6,9H,1,3-5H2,(H2,10,11,12,13). The summed E-state index contributed by atoms with van der Waals surface area (Å²) >= 11 is 0. The van der Waals surface area contributed by atoms with Gasteiger partial charge in [0.15, 0.2) is 0 Å². The van der Waals surface area contributed by atoms with E-state index in [1.54, 1.807) is 0 Å². The molecule has 0 aromatic heterocycles. The van der Waals surface area contributed by atoms with Crippen LogP contribution in [0.4, 0.5) is 9.59 Å². The molecule has 0 aromatic carbocycles. The summed E-state index contributed by atoms with van der Waals surface area (Å²) in [6, 6.07) is -0.437. The third kappa shape index (κ3) is 3.44. The van der Waals surface area contributed by atoms with Gasteiger partial charge in [0.1, 0.15) is 6.61 Å². The zero-order valence-corrected chi connectivity index (χ0v) is 7.71. The van der Waals surface area contributed by atoms with Gasteiger partial charge in [0.05, 0.1) is 6.04 Å². The molecule has 1 rings (SSSR count). The van der Waals surface area contributed by atoms with Crippen molar-refractivity contribution in [3.8, 4) is 0 Å². The second kappa shape index (κ2) is 5.23. The molecule has 1 fully saturated rings. The summed E-state index contributed by atoms with van der Waals surface area (Å²) in [5.74, 6) is 0. The SMILES string of the molecule is C=CCOC(=O)NC(=O)NC1CNC1. The van der Waals surface area contributed by atoms with Crippen LogP contribution in [0.25, 0.3) is 0 Å². The van der Waals surface area contributed by atoms with Crippen LogP contribution in [0.1, 0.15) is 0 Å². The Morgan fingerprint density at radius 1 is 1.57 bits per heavy atom. The van der Waals surface area contributed by atoms with Crippen LogP contribution in [0.3, 0.4) is 0 Å². The Balaban J connectivity index is 2.11. The number of ether oxygens (including phenoxy) is 1. The highest BCUT2D eigenvalue weighted by Gasteiger charge is 2.19. The minimum atomic E-state index is -0.769. The molecule has 1 aliphatic rings. The number of nitrogens with one attached hydrogen (secondary N) is 3. The number of alkyl carbamates (subject to hydrolysis) is 1. The van der Waals surface area contributed by atoms with Crippen molar-refractivity contribution in [1.82, 2.24) is 16.0 Å². The fourth-order valence-electron chi connectivity index (χ4n) is 0.876. The van der Waals surface area contributed by atoms with E-state index in [1.807, 2.05) is 5.32 Å². The molecular weight excluding hydrogens is 186 g/mol. The summed E-state index contributed by atoms with van der Waals surface area (Å²) in [4.78, 5) is 21.9. The predicted octanol–water partition coefficient (Wildman–Crippen LogP) is -0.420. The molecule has 6 heteroatoms. The fourth-order valence-corrected chi connectivity index (χ4v) is 0.876. The van der Waals surface area contributed by atoms with Gasteiger partial charge < -0.3 is 15.4 Å². The van der Waals surface area contributed by atoms with Gasteiger partial charge in [-0.25, -0.2) is 14.9 Å². The van der Waals surface area contributed by atoms with Gasteiger partial charge in [-0.2, -0.15) is 0 Å². The molecule has 0 aromatic rings. The van der Waals surface area contributed by atoms with Crippen molar-refractivity contribution in [1.29, 1.82) is 0 Å². The summed E-state index contributed by atoms with van der Waals surface area (Å²) in [6.45, 7) is 4.92. The smallest absolute Gasteiger partial charge is 0.415 e. The van der Waals surface area contributed by atoms with Crippen LogP contribution in [-0.2, 0) is 4.74 Å². The number of hydrogen-bond donors (Lipinski definition) is 3. The van der Waals surface area contributed by atoms with Crippen molar-refractivity contribution in [2.24, 2.45) is 0 Å². The molecule has 0 unspecified atom stereocenters. The van der Waals surface area contributed by atoms with Crippen LogP contribution in [0, 0.1) is 0 Å². The third-order valence-corrected chi connectivity index (χ3v) is 1.66. The van der Waals surface area contributed by atoms with Gasteiger partial charge in [-0.1, -0.05) is 12.7 Å². The summed E-state index contributed by atoms with van der Waals surface area (Å²) in [6.07, 6.45) is 0.655. The van der Waals surface area contributed by atoms with Gasteiger partial charge >= 0.3 is 12.1 Å². The number of amides is 3. The Hall–Kier alpha value is -1.56. The van der Waals surface area contributed by atoms with Crippen molar-refractivity contribution >= 4 is 12.1 Å². The molecule has 3 amide bonds. The van der Waals surface area contributed by atoms with E-state index in [9.17, 15) is 9.59 Å². The van der Waals surface area contributed by atoms with Gasteiger partial charge in [-0.15, -0.1) is 0 Å². The van der Waals surface area contributed by atoms with Crippen molar-refractivity contribution < 1.29 is 14.3 Å². The lowest BCUT2D eigenvalue weighted by Crippen LogP contribution is -2.59. The Kier molecular flexibility index (Phi) is 3.93. The van der Waals surface area contributed by atoms with Crippen LogP contribution in [0.2, 0.25) is 0 Å². The van der Waals surface area contributed by atoms with E-state index in [2.05, 4.69) is 21.9 Å². The van der Waals surface area contributed by atoms with E-state index in [-0.39, 0.29) is 12.6 Å². The number of hydrogen-bond acceptors (Lipinski definition) is 4. The lowest BCUT2D eigenvalue weighted by Gasteiger charge is -2.27. The van der Waals surface area contributed by atoms with Crippen LogP contribution >= 0.6 is 0 Å². The summed E-state index contributed by atoms with van der Waals surface area (Å²) in [7, 11) is 0. The number of carbonyl (C=O) groups is 2. The normalized spacial score (nSPS) is 15.1. The fraction of sp³-hybridized carbons (Fsp3) is 0.500. The molecular formula is C8H13N3O3. The first-order valence-electron chi connectivity index (χ1n) is 4.28. The minimum absolute atomic E-state index is 0.0874. The Morgan fingerprint density at radius 2 is 2.29 bits per heavy atom.